The van der Waals surface area contributed by atoms with Gasteiger partial charge in [0, 0.05) is 35.2 Å². The summed E-state index contributed by atoms with van der Waals surface area (Å²) < 4.78 is 0.899. The minimum atomic E-state index is 0.632. The third-order valence-electron chi connectivity index (χ3n) is 2.06. The van der Waals surface area contributed by atoms with Crippen LogP contribution < -0.4 is 5.32 Å². The van der Waals surface area contributed by atoms with Crippen molar-refractivity contribution in [2.24, 2.45) is 0 Å². The van der Waals surface area contributed by atoms with Crippen LogP contribution in [-0.4, -0.2) is 22.0 Å². The van der Waals surface area contributed by atoms with Gasteiger partial charge in [0.15, 0.2) is 5.82 Å². The Labute approximate surface area is 102 Å². The molecule has 16 heavy (non-hydrogen) atoms. The van der Waals surface area contributed by atoms with Gasteiger partial charge in [0.25, 0.3) is 0 Å². The number of hydrogen-bond acceptors (Lipinski definition) is 4. The van der Waals surface area contributed by atoms with Crippen LogP contribution in [0, 0.1) is 0 Å². The molecule has 0 fully saturated rings. The molecule has 0 aliphatic heterocycles. The Kier molecular flexibility index (Phi) is 3.58. The Hall–Kier alpha value is -1.33. The summed E-state index contributed by atoms with van der Waals surface area (Å²) in [6, 6.07) is 3.79. The van der Waals surface area contributed by atoms with E-state index >= 15 is 0 Å². The van der Waals surface area contributed by atoms with E-state index < -0.39 is 0 Å². The van der Waals surface area contributed by atoms with Gasteiger partial charge in [-0.2, -0.15) is 0 Å². The zero-order valence-electron chi connectivity index (χ0n) is 8.81. The third-order valence-corrected chi connectivity index (χ3v) is 2.70. The number of pyridine rings is 1. The molecule has 2 aromatic heterocycles. The van der Waals surface area contributed by atoms with Gasteiger partial charge in [-0.15, -0.1) is 0 Å². The Morgan fingerprint density at radius 1 is 1.25 bits per heavy atom. The average Bonchev–Trinajstić information content (AvgIpc) is 2.31. The van der Waals surface area contributed by atoms with Crippen LogP contribution >= 0.6 is 15.9 Å². The molecule has 4 nitrogen and oxygen atoms in total. The maximum absolute atomic E-state index is 4.28. The summed E-state index contributed by atoms with van der Waals surface area (Å²) in [6.07, 6.45) is 5.34. The highest BCUT2D eigenvalue weighted by atomic mass is 79.9. The zero-order valence-corrected chi connectivity index (χ0v) is 10.4. The van der Waals surface area contributed by atoms with Crippen LogP contribution in [0.3, 0.4) is 0 Å². The smallest absolute Gasteiger partial charge is 0.179 e. The molecule has 0 atom stereocenters. The van der Waals surface area contributed by atoms with Gasteiger partial charge in [0.05, 0.1) is 0 Å². The lowest BCUT2D eigenvalue weighted by Crippen LogP contribution is -2.06. The highest BCUT2D eigenvalue weighted by Gasteiger charge is 2.06. The second kappa shape index (κ2) is 5.14. The van der Waals surface area contributed by atoms with Crippen molar-refractivity contribution in [3.05, 3.63) is 40.8 Å². The second-order valence-electron chi connectivity index (χ2n) is 3.28. The molecule has 0 aliphatic carbocycles. The maximum atomic E-state index is 4.28. The SMILES string of the molecule is CNCc1cnc(-c2ncccc2Br)nc1. The monoisotopic (exact) mass is 278 g/mol. The van der Waals surface area contributed by atoms with E-state index in [-0.39, 0.29) is 0 Å². The van der Waals surface area contributed by atoms with E-state index in [1.807, 2.05) is 19.2 Å². The minimum absolute atomic E-state index is 0.632. The number of nitrogens with one attached hydrogen (secondary N) is 1. The highest BCUT2D eigenvalue weighted by molar-refractivity contribution is 9.10. The van der Waals surface area contributed by atoms with Crippen molar-refractivity contribution in [3.63, 3.8) is 0 Å². The molecule has 0 aliphatic rings. The van der Waals surface area contributed by atoms with Crippen LogP contribution in [0.2, 0.25) is 0 Å². The van der Waals surface area contributed by atoms with Gasteiger partial charge in [-0.25, -0.2) is 9.97 Å². The van der Waals surface area contributed by atoms with Gasteiger partial charge in [0.2, 0.25) is 0 Å². The Balaban J connectivity index is 2.31. The molecule has 5 heteroatoms. The van der Waals surface area contributed by atoms with E-state index in [4.69, 9.17) is 0 Å². The molecule has 0 spiro atoms. The Morgan fingerprint density at radius 2 is 2.00 bits per heavy atom. The summed E-state index contributed by atoms with van der Waals surface area (Å²) >= 11 is 3.43. The van der Waals surface area contributed by atoms with Crippen molar-refractivity contribution >= 4 is 15.9 Å². The summed E-state index contributed by atoms with van der Waals surface area (Å²) in [7, 11) is 1.89. The van der Waals surface area contributed by atoms with Gasteiger partial charge >= 0.3 is 0 Å². The minimum Gasteiger partial charge on any atom is -0.316 e. The molecule has 0 bridgehead atoms. The van der Waals surface area contributed by atoms with Crippen molar-refractivity contribution in [1.82, 2.24) is 20.3 Å². The average molecular weight is 279 g/mol. The zero-order chi connectivity index (χ0) is 11.4. The molecule has 0 saturated carbocycles. The molecule has 2 aromatic rings. The van der Waals surface area contributed by atoms with Gasteiger partial charge < -0.3 is 5.32 Å². The van der Waals surface area contributed by atoms with Crippen LogP contribution in [0.25, 0.3) is 11.5 Å². The summed E-state index contributed by atoms with van der Waals surface area (Å²) in [5.41, 5.74) is 1.82. The number of aromatic nitrogens is 3. The maximum Gasteiger partial charge on any atom is 0.179 e. The molecular weight excluding hydrogens is 268 g/mol. The fourth-order valence-corrected chi connectivity index (χ4v) is 1.76. The summed E-state index contributed by atoms with van der Waals surface area (Å²) in [4.78, 5) is 12.8. The lowest BCUT2D eigenvalue weighted by atomic mass is 10.3. The predicted molar refractivity (Wildman–Crippen MR) is 65.7 cm³/mol. The predicted octanol–water partition coefficient (Wildman–Crippen LogP) is 2.02. The molecule has 0 saturated heterocycles. The molecule has 0 unspecified atom stereocenters. The third kappa shape index (κ3) is 2.43. The lowest BCUT2D eigenvalue weighted by Gasteiger charge is -2.03. The van der Waals surface area contributed by atoms with E-state index in [0.29, 0.717) is 5.82 Å². The molecule has 0 aromatic carbocycles. The van der Waals surface area contributed by atoms with Crippen molar-refractivity contribution in [2.45, 2.75) is 6.54 Å². The fraction of sp³-hybridized carbons (Fsp3) is 0.182. The quantitative estimate of drug-likeness (QED) is 0.933. The molecule has 0 radical (unpaired) electrons. The van der Waals surface area contributed by atoms with Crippen LogP contribution in [0.15, 0.2) is 35.2 Å². The van der Waals surface area contributed by atoms with E-state index in [2.05, 4.69) is 36.2 Å². The Morgan fingerprint density at radius 3 is 2.62 bits per heavy atom. The van der Waals surface area contributed by atoms with Crippen molar-refractivity contribution in [1.29, 1.82) is 0 Å². The Bertz CT molecular complexity index is 470. The molecule has 82 valence electrons. The standard InChI is InChI=1S/C11H11BrN4/c1-13-5-8-6-15-11(16-7-8)10-9(12)3-2-4-14-10/h2-4,6-7,13H,5H2,1H3. The van der Waals surface area contributed by atoms with E-state index in [9.17, 15) is 0 Å². The van der Waals surface area contributed by atoms with Crippen LogP contribution in [0.5, 0.6) is 0 Å². The first-order valence-corrected chi connectivity index (χ1v) is 5.67. The van der Waals surface area contributed by atoms with Crippen molar-refractivity contribution in [2.75, 3.05) is 7.05 Å². The second-order valence-corrected chi connectivity index (χ2v) is 4.13. The van der Waals surface area contributed by atoms with Crippen molar-refractivity contribution < 1.29 is 0 Å². The number of rotatable bonds is 3. The molecule has 2 heterocycles. The van der Waals surface area contributed by atoms with Gasteiger partial charge in [-0.1, -0.05) is 0 Å². The van der Waals surface area contributed by atoms with Crippen LogP contribution in [0.1, 0.15) is 5.56 Å². The van der Waals surface area contributed by atoms with Gasteiger partial charge in [-0.3, -0.25) is 4.98 Å². The number of halogens is 1. The fourth-order valence-electron chi connectivity index (χ4n) is 1.32. The van der Waals surface area contributed by atoms with Crippen LogP contribution in [-0.2, 0) is 6.54 Å². The first-order chi connectivity index (χ1) is 7.81. The van der Waals surface area contributed by atoms with E-state index in [0.717, 1.165) is 22.3 Å². The number of hydrogen-bond donors (Lipinski definition) is 1. The summed E-state index contributed by atoms with van der Waals surface area (Å²) in [5, 5.41) is 3.05. The number of nitrogens with zero attached hydrogens (tertiary/aromatic N) is 3. The van der Waals surface area contributed by atoms with Crippen molar-refractivity contribution in [3.8, 4) is 11.5 Å². The largest absolute Gasteiger partial charge is 0.316 e. The summed E-state index contributed by atoms with van der Waals surface area (Å²) in [5.74, 6) is 0.632. The van der Waals surface area contributed by atoms with E-state index in [1.165, 1.54) is 0 Å². The summed E-state index contributed by atoms with van der Waals surface area (Å²) in [6.45, 7) is 0.768. The first-order valence-electron chi connectivity index (χ1n) is 4.87. The lowest BCUT2D eigenvalue weighted by molar-refractivity contribution is 0.807. The molecule has 0 amide bonds. The highest BCUT2D eigenvalue weighted by Crippen LogP contribution is 2.21. The van der Waals surface area contributed by atoms with Gasteiger partial charge in [-0.05, 0) is 35.1 Å². The van der Waals surface area contributed by atoms with Gasteiger partial charge in [0.1, 0.15) is 5.69 Å². The van der Waals surface area contributed by atoms with E-state index in [1.54, 1.807) is 18.6 Å². The molecule has 2 rings (SSSR count). The van der Waals surface area contributed by atoms with Crippen LogP contribution in [0.4, 0.5) is 0 Å². The normalized spacial score (nSPS) is 10.4. The first kappa shape index (κ1) is 11.2. The molecule has 1 N–H and O–H groups in total. The topological polar surface area (TPSA) is 50.7 Å². The molecular formula is C11H11BrN4.